The van der Waals surface area contributed by atoms with E-state index < -0.39 is 169 Å². The van der Waals surface area contributed by atoms with E-state index in [9.17, 15) is 29.1 Å². The molecule has 109 heavy (non-hydrogen) atoms. The lowest BCUT2D eigenvalue weighted by Crippen LogP contribution is -2.62. The second-order valence-corrected chi connectivity index (χ2v) is 32.3. The van der Waals surface area contributed by atoms with Gasteiger partial charge in [0.1, 0.15) is 60.1 Å². The van der Waals surface area contributed by atoms with Gasteiger partial charge in [0, 0.05) is 86.8 Å². The highest BCUT2D eigenvalue weighted by atomic mass is 35.5. The number of methoxy groups -OCH3 is 1. The van der Waals surface area contributed by atoms with Crippen LogP contribution in [0.4, 0.5) is 0 Å². The fourth-order valence-electron chi connectivity index (χ4n) is 13.3. The average Bonchev–Trinajstić information content (AvgIpc) is 0.821. The fourth-order valence-corrected chi connectivity index (χ4v) is 13.5. The van der Waals surface area contributed by atoms with Gasteiger partial charge >= 0.3 is 0 Å². The molecule has 6 N–H and O–H groups in total. The van der Waals surface area contributed by atoms with Crippen LogP contribution >= 0.6 is 11.6 Å². The zero-order valence-corrected chi connectivity index (χ0v) is 69.1. The summed E-state index contributed by atoms with van der Waals surface area (Å²) in [5.74, 6) is -10.7. The lowest BCUT2D eigenvalue weighted by molar-refractivity contribution is -0.152. The molecule has 2 saturated heterocycles. The first-order valence-corrected chi connectivity index (χ1v) is 38.6. The predicted molar refractivity (Wildman–Crippen MR) is 415 cm³/mol. The van der Waals surface area contributed by atoms with Crippen molar-refractivity contribution >= 4 is 88.4 Å². The number of nitrogens with one attached hydrogen (secondary N) is 5. The van der Waals surface area contributed by atoms with Crippen LogP contribution in [0.3, 0.4) is 0 Å². The number of unbranched alkanes of at least 4 members (excludes halogenated alkanes) is 1. The summed E-state index contributed by atoms with van der Waals surface area (Å²) in [6.07, 6.45) is 0.350. The number of carbonyl (C=O) groups is 13. The molecule has 4 rings (SSSR count). The van der Waals surface area contributed by atoms with Gasteiger partial charge in [0.05, 0.1) is 50.5 Å². The van der Waals surface area contributed by atoms with Crippen molar-refractivity contribution in [3.63, 3.8) is 0 Å². The molecule has 0 spiro atoms. The van der Waals surface area contributed by atoms with E-state index in [1.165, 1.54) is 95.1 Å². The first-order chi connectivity index (χ1) is 51.0. The molecule has 0 radical (unpaired) electrons. The number of aliphatic hydroxyl groups excluding tert-OH is 1. The average molecular weight is 1550 g/mol. The summed E-state index contributed by atoms with van der Waals surface area (Å²) in [6.45, 7) is 21.9. The second kappa shape index (κ2) is 43.2. The van der Waals surface area contributed by atoms with Gasteiger partial charge in [-0.05, 0) is 138 Å². The van der Waals surface area contributed by atoms with Crippen molar-refractivity contribution in [2.24, 2.45) is 23.7 Å². The zero-order chi connectivity index (χ0) is 82.2. The van der Waals surface area contributed by atoms with Crippen molar-refractivity contribution in [1.29, 1.82) is 0 Å². The number of amides is 13. The molecule has 0 aliphatic carbocycles. The van der Waals surface area contributed by atoms with Crippen molar-refractivity contribution in [2.45, 2.75) is 233 Å². The highest BCUT2D eigenvalue weighted by molar-refractivity contribution is 6.30. The SMILES string of the molecule is CCCCN1CC(=O)N(C)[C@@H](CC(C)C)C(=O)N(C)[C@@H](CC(C)C)C(=O)N[C@@H](COC(C)(C)C)C(=O)N(C)[C@@H](CC(C)C)C(=O)N[C@H](C(=O)N2CCCCC2)CC(=O)N(C)CC(=O)N(C)[C@@H](Cc2cccc(Cl)c2)C(=O)N[C@@H](Cc2ccc(OC)c(C(=O)NC)c2)C(=O)N(C)[C@@H](CC(C)C)C(=O)N[C@@H]([C@@H](C)O)C1=O. The van der Waals surface area contributed by atoms with Crippen molar-refractivity contribution in [3.05, 3.63) is 64.2 Å². The molecule has 2 fully saturated rings. The molecule has 0 aromatic heterocycles. The smallest absolute Gasteiger partial charge is 0.254 e. The molecule has 29 nitrogen and oxygen atoms in total. The predicted octanol–water partition coefficient (Wildman–Crippen LogP) is 4.45. The highest BCUT2D eigenvalue weighted by Gasteiger charge is 2.44. The molecule has 2 aliphatic rings. The Hall–Kier alpha value is -8.44. The van der Waals surface area contributed by atoms with Crippen LogP contribution < -0.4 is 31.3 Å². The normalized spacial score (nSPS) is 23.4. The molecule has 10 atom stereocenters. The van der Waals surface area contributed by atoms with Crippen molar-refractivity contribution in [3.8, 4) is 5.75 Å². The minimum absolute atomic E-state index is 0.0291. The maximum Gasteiger partial charge on any atom is 0.254 e. The third kappa shape index (κ3) is 27.8. The number of piperidine rings is 1. The maximum absolute atomic E-state index is 15.7. The number of carbonyl (C=O) groups excluding carboxylic acids is 13. The Bertz CT molecular complexity index is 3470. The molecule has 2 aliphatic heterocycles. The van der Waals surface area contributed by atoms with Crippen molar-refractivity contribution in [2.75, 3.05) is 95.8 Å². The molecule has 30 heteroatoms. The molecule has 2 aromatic rings. The van der Waals surface area contributed by atoms with E-state index >= 15 is 38.4 Å². The molecule has 2 heterocycles. The van der Waals surface area contributed by atoms with E-state index in [2.05, 4.69) is 26.6 Å². The number of nitrogens with zero attached hydrogens (tertiary/aromatic N) is 8. The van der Waals surface area contributed by atoms with E-state index in [4.69, 9.17) is 21.1 Å². The number of hydrogen-bond acceptors (Lipinski definition) is 16. The molecular weight excluding hydrogens is 1420 g/mol. The van der Waals surface area contributed by atoms with Crippen LogP contribution in [0.15, 0.2) is 42.5 Å². The van der Waals surface area contributed by atoms with E-state index in [0.29, 0.717) is 54.9 Å². The van der Waals surface area contributed by atoms with Gasteiger partial charge in [-0.3, -0.25) is 62.3 Å². The summed E-state index contributed by atoms with van der Waals surface area (Å²) < 4.78 is 11.7. The van der Waals surface area contributed by atoms with Gasteiger partial charge in [0.15, 0.2) is 0 Å². The van der Waals surface area contributed by atoms with Gasteiger partial charge in [-0.15, -0.1) is 0 Å². The Balaban J connectivity index is 2.06. The fraction of sp³-hybridized carbons (Fsp3) is 0.684. The number of aliphatic hydroxyl groups is 1. The Labute approximate surface area is 650 Å². The number of hydrogen-bond donors (Lipinski definition) is 6. The molecular formula is C79H126ClN13O16. The van der Waals surface area contributed by atoms with Crippen molar-refractivity contribution < 1.29 is 76.9 Å². The number of benzene rings is 2. The number of ether oxygens (including phenoxy) is 2. The molecule has 2 aromatic carbocycles. The summed E-state index contributed by atoms with van der Waals surface area (Å²) >= 11 is 6.52. The quantitative estimate of drug-likeness (QED) is 0.101. The van der Waals surface area contributed by atoms with Gasteiger partial charge in [-0.25, -0.2) is 0 Å². The summed E-state index contributed by atoms with van der Waals surface area (Å²) in [7, 11) is 11.0. The maximum atomic E-state index is 15.7. The van der Waals surface area contributed by atoms with Crippen molar-refractivity contribution in [1.82, 2.24) is 65.8 Å². The van der Waals surface area contributed by atoms with Gasteiger partial charge in [-0.1, -0.05) is 98.5 Å². The standard InChI is InChI=1S/C79H126ClN13O16/c1-22-23-32-93-45-67(97)88(17)63(38-50(8)9)77(106)91(20)60(36-48(4)5)71(100)84-58(46-109-79(11,12)13)75(104)90(19)59(35-47(2)3)70(99)83-57(76(105)92-33-25-24-26-34-92)43-65(95)86(15)44-66(96)87(16)62(42-52-28-27-29-54(80)39-52)72(101)82-56(41-53-30-31-64(108-21)55(40-53)69(98)81-14)74(103)89(18)61(37-49(6)7)73(102)85-68(51(10)94)78(93)107/h27-31,39-40,47-51,56-63,68,94H,22-26,32-38,41-46H2,1-21H3,(H,81,98)(H,82,101)(H,83,99)(H,84,100)(H,85,102)/t51-,56+,57+,58+,59+,60+,61+,62+,63+,68+/m1/s1. The van der Waals surface area contributed by atoms with Crippen LogP contribution in [0.2, 0.25) is 5.02 Å². The number of likely N-dealkylation sites (N-methyl/N-ethyl adjacent to an activating group) is 6. The molecule has 0 saturated carbocycles. The Morgan fingerprint density at radius 2 is 1.06 bits per heavy atom. The Morgan fingerprint density at radius 3 is 1.58 bits per heavy atom. The molecule has 0 bridgehead atoms. The lowest BCUT2D eigenvalue weighted by atomic mass is 9.97. The van der Waals surface area contributed by atoms with Gasteiger partial charge < -0.3 is 80.4 Å². The van der Waals surface area contributed by atoms with Crippen LogP contribution in [0.5, 0.6) is 5.75 Å². The first-order valence-electron chi connectivity index (χ1n) is 38.3. The number of rotatable bonds is 21. The van der Waals surface area contributed by atoms with Gasteiger partial charge in [0.25, 0.3) is 5.91 Å². The summed E-state index contributed by atoms with van der Waals surface area (Å²) in [4.78, 5) is 205. The largest absolute Gasteiger partial charge is 0.496 e. The van der Waals surface area contributed by atoms with Gasteiger partial charge in [-0.2, -0.15) is 0 Å². The third-order valence-corrected chi connectivity index (χ3v) is 20.0. The number of halogens is 1. The van der Waals surface area contributed by atoms with Crippen LogP contribution in [0.1, 0.15) is 176 Å². The summed E-state index contributed by atoms with van der Waals surface area (Å²) in [6, 6.07) is -2.00. The second-order valence-electron chi connectivity index (χ2n) is 31.9. The first kappa shape index (κ1) is 92.9. The van der Waals surface area contributed by atoms with E-state index in [1.54, 1.807) is 69.9 Å². The third-order valence-electron chi connectivity index (χ3n) is 19.8. The Morgan fingerprint density at radius 1 is 0.578 bits per heavy atom. The summed E-state index contributed by atoms with van der Waals surface area (Å²) in [5.41, 5.74) is 0.0206. The minimum atomic E-state index is -1.73. The van der Waals surface area contributed by atoms with Crippen LogP contribution in [-0.2, 0) is 75.1 Å². The zero-order valence-electron chi connectivity index (χ0n) is 68.4. The van der Waals surface area contributed by atoms with Crippen LogP contribution in [0, 0.1) is 23.7 Å². The molecule has 13 amide bonds. The van der Waals surface area contributed by atoms with E-state index in [0.717, 1.165) is 21.1 Å². The molecule has 0 unspecified atom stereocenters. The monoisotopic (exact) mass is 1550 g/mol. The highest BCUT2D eigenvalue weighted by Crippen LogP contribution is 2.26. The topological polar surface area (TPSA) is 347 Å². The summed E-state index contributed by atoms with van der Waals surface area (Å²) in [5, 5.41) is 25.7. The number of likely N-dealkylation sites (tertiary alicyclic amines) is 1. The lowest BCUT2D eigenvalue weighted by Gasteiger charge is -2.38. The van der Waals surface area contributed by atoms with E-state index in [-0.39, 0.29) is 80.1 Å². The van der Waals surface area contributed by atoms with Gasteiger partial charge in [0.2, 0.25) is 70.9 Å². The van der Waals surface area contributed by atoms with Crippen LogP contribution in [-0.4, -0.2) is 283 Å². The minimum Gasteiger partial charge on any atom is -0.496 e. The van der Waals surface area contributed by atoms with E-state index in [1.807, 2.05) is 48.5 Å². The Kier molecular flexibility index (Phi) is 36.9. The molecule has 610 valence electrons. The van der Waals surface area contributed by atoms with Crippen LogP contribution in [0.25, 0.3) is 0 Å².